The minimum absolute atomic E-state index is 0.00138. The predicted molar refractivity (Wildman–Crippen MR) is 79.6 cm³/mol. The summed E-state index contributed by atoms with van der Waals surface area (Å²) < 4.78 is 5.44. The quantitative estimate of drug-likeness (QED) is 0.669. The molecule has 1 aromatic rings. The molecule has 1 fully saturated rings. The van der Waals surface area contributed by atoms with E-state index in [1.165, 1.54) is 12.8 Å². The van der Waals surface area contributed by atoms with Gasteiger partial charge < -0.3 is 21.1 Å². The molecule has 1 aliphatic carbocycles. The van der Waals surface area contributed by atoms with Crippen LogP contribution in [0, 0.1) is 5.92 Å². The molecule has 0 spiro atoms. The zero-order valence-corrected chi connectivity index (χ0v) is 11.9. The molecule has 1 atom stereocenters. The van der Waals surface area contributed by atoms with Crippen LogP contribution in [0.2, 0.25) is 0 Å². The monoisotopic (exact) mass is 277 g/mol. The standard InChI is InChI=1S/C15H23N3O2/c1-11(16)13-4-6-14(7-5-13)18-15(19)17-8-9-20-10-12-2-3-12/h4-7,11-12H,2-3,8-10,16H2,1H3,(H2,17,18,19). The number of benzene rings is 1. The smallest absolute Gasteiger partial charge is 0.319 e. The lowest BCUT2D eigenvalue weighted by Gasteiger charge is -2.10. The highest BCUT2D eigenvalue weighted by atomic mass is 16.5. The van der Waals surface area contributed by atoms with E-state index >= 15 is 0 Å². The Morgan fingerprint density at radius 3 is 2.70 bits per heavy atom. The number of amides is 2. The summed E-state index contributed by atoms with van der Waals surface area (Å²) in [7, 11) is 0. The van der Waals surface area contributed by atoms with Gasteiger partial charge in [-0.2, -0.15) is 0 Å². The van der Waals surface area contributed by atoms with E-state index in [2.05, 4.69) is 10.6 Å². The second-order valence-corrected chi connectivity index (χ2v) is 5.31. The van der Waals surface area contributed by atoms with Crippen LogP contribution in [0.3, 0.4) is 0 Å². The largest absolute Gasteiger partial charge is 0.379 e. The molecule has 0 saturated heterocycles. The third-order valence-electron chi connectivity index (χ3n) is 3.28. The second-order valence-electron chi connectivity index (χ2n) is 5.31. The topological polar surface area (TPSA) is 76.4 Å². The molecular formula is C15H23N3O2. The summed E-state index contributed by atoms with van der Waals surface area (Å²) in [6.07, 6.45) is 2.57. The fraction of sp³-hybridized carbons (Fsp3) is 0.533. The van der Waals surface area contributed by atoms with Crippen molar-refractivity contribution in [1.29, 1.82) is 0 Å². The van der Waals surface area contributed by atoms with Gasteiger partial charge in [0.1, 0.15) is 0 Å². The van der Waals surface area contributed by atoms with Gasteiger partial charge in [0.25, 0.3) is 0 Å². The lowest BCUT2D eigenvalue weighted by atomic mass is 10.1. The first-order valence-corrected chi connectivity index (χ1v) is 7.13. The van der Waals surface area contributed by atoms with Crippen LogP contribution in [0.4, 0.5) is 10.5 Å². The number of nitrogens with two attached hydrogens (primary N) is 1. The van der Waals surface area contributed by atoms with Gasteiger partial charge in [-0.1, -0.05) is 12.1 Å². The van der Waals surface area contributed by atoms with Gasteiger partial charge >= 0.3 is 6.03 Å². The van der Waals surface area contributed by atoms with Crippen molar-refractivity contribution < 1.29 is 9.53 Å². The van der Waals surface area contributed by atoms with Crippen molar-refractivity contribution in [2.24, 2.45) is 11.7 Å². The lowest BCUT2D eigenvalue weighted by molar-refractivity contribution is 0.127. The molecule has 2 amide bonds. The van der Waals surface area contributed by atoms with Crippen molar-refractivity contribution in [2.45, 2.75) is 25.8 Å². The average Bonchev–Trinajstić information content (AvgIpc) is 3.23. The molecule has 2 rings (SSSR count). The molecule has 110 valence electrons. The molecule has 1 aromatic carbocycles. The average molecular weight is 277 g/mol. The number of hydrogen-bond donors (Lipinski definition) is 3. The molecule has 1 saturated carbocycles. The van der Waals surface area contributed by atoms with Crippen molar-refractivity contribution in [3.63, 3.8) is 0 Å². The van der Waals surface area contributed by atoms with Crippen molar-refractivity contribution >= 4 is 11.7 Å². The maximum Gasteiger partial charge on any atom is 0.319 e. The summed E-state index contributed by atoms with van der Waals surface area (Å²) in [6, 6.07) is 7.32. The summed E-state index contributed by atoms with van der Waals surface area (Å²) in [6.45, 7) is 3.84. The zero-order chi connectivity index (χ0) is 14.4. The molecule has 5 heteroatoms. The van der Waals surface area contributed by atoms with Crippen molar-refractivity contribution in [3.05, 3.63) is 29.8 Å². The molecule has 0 aromatic heterocycles. The van der Waals surface area contributed by atoms with Crippen LogP contribution in [-0.2, 0) is 4.74 Å². The van der Waals surface area contributed by atoms with Gasteiger partial charge in [-0.05, 0) is 43.4 Å². The number of nitrogens with one attached hydrogen (secondary N) is 2. The minimum atomic E-state index is -0.214. The molecule has 0 aliphatic heterocycles. The Morgan fingerprint density at radius 1 is 1.40 bits per heavy atom. The predicted octanol–water partition coefficient (Wildman–Crippen LogP) is 2.25. The van der Waals surface area contributed by atoms with Crippen LogP contribution in [0.5, 0.6) is 0 Å². The van der Waals surface area contributed by atoms with Crippen molar-refractivity contribution in [2.75, 3.05) is 25.1 Å². The molecule has 20 heavy (non-hydrogen) atoms. The second kappa shape index (κ2) is 7.26. The van der Waals surface area contributed by atoms with Crippen molar-refractivity contribution in [3.8, 4) is 0 Å². The van der Waals surface area contributed by atoms with E-state index in [1.807, 2.05) is 31.2 Å². The van der Waals surface area contributed by atoms with Crippen LogP contribution in [-0.4, -0.2) is 25.8 Å². The number of rotatable bonds is 7. The number of hydrogen-bond acceptors (Lipinski definition) is 3. The normalized spacial score (nSPS) is 15.7. The summed E-state index contributed by atoms with van der Waals surface area (Å²) >= 11 is 0. The Morgan fingerprint density at radius 2 is 2.10 bits per heavy atom. The number of ether oxygens (including phenoxy) is 1. The molecule has 0 radical (unpaired) electrons. The minimum Gasteiger partial charge on any atom is -0.379 e. The zero-order valence-electron chi connectivity index (χ0n) is 11.9. The Balaban J connectivity index is 1.62. The molecular weight excluding hydrogens is 254 g/mol. The Labute approximate surface area is 119 Å². The van der Waals surface area contributed by atoms with Gasteiger partial charge in [0, 0.05) is 24.9 Å². The number of carbonyl (C=O) groups is 1. The Hall–Kier alpha value is -1.59. The summed E-state index contributed by atoms with van der Waals surface area (Å²) in [5.41, 5.74) is 7.57. The fourth-order valence-corrected chi connectivity index (χ4v) is 1.82. The molecule has 4 N–H and O–H groups in total. The van der Waals surface area contributed by atoms with E-state index in [-0.39, 0.29) is 12.1 Å². The lowest BCUT2D eigenvalue weighted by Crippen LogP contribution is -2.31. The van der Waals surface area contributed by atoms with Crippen LogP contribution in [0.15, 0.2) is 24.3 Å². The maximum absolute atomic E-state index is 11.6. The SMILES string of the molecule is CC(N)c1ccc(NC(=O)NCCOCC2CC2)cc1. The van der Waals surface area contributed by atoms with E-state index < -0.39 is 0 Å². The van der Waals surface area contributed by atoms with Crippen LogP contribution >= 0.6 is 0 Å². The fourth-order valence-electron chi connectivity index (χ4n) is 1.82. The van der Waals surface area contributed by atoms with Crippen molar-refractivity contribution in [1.82, 2.24) is 5.32 Å². The van der Waals surface area contributed by atoms with E-state index in [0.29, 0.717) is 13.2 Å². The molecule has 1 unspecified atom stereocenters. The van der Waals surface area contributed by atoms with Gasteiger partial charge in [-0.25, -0.2) is 4.79 Å². The summed E-state index contributed by atoms with van der Waals surface area (Å²) in [4.78, 5) is 11.6. The van der Waals surface area contributed by atoms with Gasteiger partial charge in [-0.3, -0.25) is 0 Å². The van der Waals surface area contributed by atoms with E-state index in [9.17, 15) is 4.79 Å². The first-order chi connectivity index (χ1) is 9.65. The van der Waals surface area contributed by atoms with Gasteiger partial charge in [-0.15, -0.1) is 0 Å². The Bertz CT molecular complexity index is 427. The van der Waals surface area contributed by atoms with Gasteiger partial charge in [0.2, 0.25) is 0 Å². The van der Waals surface area contributed by atoms with Gasteiger partial charge in [0.05, 0.1) is 6.61 Å². The van der Waals surface area contributed by atoms with Crippen LogP contribution < -0.4 is 16.4 Å². The highest BCUT2D eigenvalue weighted by molar-refractivity contribution is 5.89. The molecule has 0 bridgehead atoms. The molecule has 5 nitrogen and oxygen atoms in total. The van der Waals surface area contributed by atoms with E-state index in [4.69, 9.17) is 10.5 Å². The molecule has 0 heterocycles. The maximum atomic E-state index is 11.6. The van der Waals surface area contributed by atoms with E-state index in [0.717, 1.165) is 23.8 Å². The molecule has 1 aliphatic rings. The summed E-state index contributed by atoms with van der Waals surface area (Å²) in [5, 5.41) is 5.54. The van der Waals surface area contributed by atoms with Gasteiger partial charge in [0.15, 0.2) is 0 Å². The highest BCUT2D eigenvalue weighted by Gasteiger charge is 2.20. The summed E-state index contributed by atoms with van der Waals surface area (Å²) in [5.74, 6) is 0.757. The first-order valence-electron chi connectivity index (χ1n) is 7.13. The number of urea groups is 1. The first kappa shape index (κ1) is 14.8. The van der Waals surface area contributed by atoms with Crippen LogP contribution in [0.25, 0.3) is 0 Å². The number of carbonyl (C=O) groups excluding carboxylic acids is 1. The van der Waals surface area contributed by atoms with E-state index in [1.54, 1.807) is 0 Å². The van der Waals surface area contributed by atoms with Crippen LogP contribution in [0.1, 0.15) is 31.4 Å². The third kappa shape index (κ3) is 5.19. The third-order valence-corrected chi connectivity index (χ3v) is 3.28. The highest BCUT2D eigenvalue weighted by Crippen LogP contribution is 2.28. The number of anilines is 1. The Kier molecular flexibility index (Phi) is 5.38.